The Morgan fingerprint density at radius 1 is 1.14 bits per heavy atom. The Kier molecular flexibility index (Phi) is 8.56. The second-order valence-corrected chi connectivity index (χ2v) is 11.9. The molecule has 5 nitrogen and oxygen atoms in total. The normalized spacial score (nSPS) is 28.4. The van der Waals surface area contributed by atoms with Gasteiger partial charge >= 0.3 is 0 Å². The van der Waals surface area contributed by atoms with Gasteiger partial charge in [-0.05, 0) is 86.8 Å². The first kappa shape index (κ1) is 26.9. The summed E-state index contributed by atoms with van der Waals surface area (Å²) in [5.74, 6) is 0.778. The number of thioether (sulfide) groups is 1. The molecule has 2 N–H and O–H groups in total. The van der Waals surface area contributed by atoms with Gasteiger partial charge < -0.3 is 15.5 Å². The van der Waals surface area contributed by atoms with Crippen molar-refractivity contribution in [2.45, 2.75) is 57.5 Å². The third-order valence-corrected chi connectivity index (χ3v) is 8.89. The monoisotopic (exact) mass is 517 g/mol. The summed E-state index contributed by atoms with van der Waals surface area (Å²) in [5, 5.41) is 6.56. The van der Waals surface area contributed by atoms with Crippen molar-refractivity contribution < 1.29 is 18.4 Å². The zero-order valence-electron chi connectivity index (χ0n) is 21.2. The molecule has 1 aromatic rings. The summed E-state index contributed by atoms with van der Waals surface area (Å²) in [4.78, 5) is 27.8. The van der Waals surface area contributed by atoms with E-state index in [4.69, 9.17) is 0 Å². The second kappa shape index (κ2) is 11.5. The smallest absolute Gasteiger partial charge is 0.251 e. The number of rotatable bonds is 10. The maximum Gasteiger partial charge on any atom is 0.251 e. The molecular weight excluding hydrogens is 480 g/mol. The minimum atomic E-state index is -0.622. The van der Waals surface area contributed by atoms with Crippen molar-refractivity contribution in [1.29, 1.82) is 0 Å². The molecule has 4 atom stereocenters. The van der Waals surface area contributed by atoms with Crippen LogP contribution in [0.3, 0.4) is 0 Å². The SMILES string of the molecule is CC1([C@@H]2CC2(C)NCCSC[C@H](NC(=O)c2ccc(F)cc2)C(=O)N2CCCCC2)C=CC(F)=CC1. The maximum atomic E-state index is 13.4. The Balaban J connectivity index is 1.27. The highest BCUT2D eigenvalue weighted by atomic mass is 32.2. The predicted octanol–water partition coefficient (Wildman–Crippen LogP) is 4.86. The van der Waals surface area contributed by atoms with Crippen LogP contribution in [-0.4, -0.2) is 59.4 Å². The van der Waals surface area contributed by atoms with E-state index in [-0.39, 0.29) is 28.6 Å². The lowest BCUT2D eigenvalue weighted by Crippen LogP contribution is -2.51. The van der Waals surface area contributed by atoms with E-state index < -0.39 is 11.9 Å². The fraction of sp³-hybridized carbons (Fsp3) is 0.571. The fourth-order valence-corrected chi connectivity index (χ4v) is 6.34. The molecule has 196 valence electrons. The van der Waals surface area contributed by atoms with Gasteiger partial charge in [0.15, 0.2) is 0 Å². The van der Waals surface area contributed by atoms with E-state index in [1.54, 1.807) is 23.9 Å². The number of hydrogen-bond acceptors (Lipinski definition) is 4. The Labute approximate surface area is 217 Å². The summed E-state index contributed by atoms with van der Waals surface area (Å²) in [6.07, 6.45) is 10.1. The number of amides is 2. The van der Waals surface area contributed by atoms with Crippen LogP contribution >= 0.6 is 11.8 Å². The van der Waals surface area contributed by atoms with E-state index in [1.165, 1.54) is 24.3 Å². The minimum Gasteiger partial charge on any atom is -0.341 e. The van der Waals surface area contributed by atoms with Crippen LogP contribution in [0.25, 0.3) is 0 Å². The van der Waals surface area contributed by atoms with Crippen LogP contribution < -0.4 is 10.6 Å². The molecule has 2 fully saturated rings. The summed E-state index contributed by atoms with van der Waals surface area (Å²) >= 11 is 1.64. The van der Waals surface area contributed by atoms with Gasteiger partial charge in [0.1, 0.15) is 17.7 Å². The molecule has 3 aliphatic rings. The number of hydrogen-bond donors (Lipinski definition) is 2. The van der Waals surface area contributed by atoms with Gasteiger partial charge in [-0.3, -0.25) is 9.59 Å². The van der Waals surface area contributed by atoms with E-state index in [0.717, 1.165) is 57.5 Å². The zero-order valence-corrected chi connectivity index (χ0v) is 22.0. The highest BCUT2D eigenvalue weighted by molar-refractivity contribution is 7.99. The summed E-state index contributed by atoms with van der Waals surface area (Å²) in [6, 6.07) is 4.74. The standard InChI is InChI=1S/C28H37F2N3O2S/c1-27(12-10-22(30)11-13-27)24-18-28(24,2)31-14-17-36-19-23(26(35)33-15-4-3-5-16-33)32-25(34)20-6-8-21(29)9-7-20/h6-12,23-24,31H,3-5,13-19H2,1-2H3,(H,32,34)/t23-,24-,27?,28?/m0/s1. The number of likely N-dealkylation sites (tertiary alicyclic amines) is 1. The molecule has 4 rings (SSSR count). The van der Waals surface area contributed by atoms with Crippen LogP contribution in [0.5, 0.6) is 0 Å². The van der Waals surface area contributed by atoms with Gasteiger partial charge in [0.25, 0.3) is 5.91 Å². The van der Waals surface area contributed by atoms with Crippen LogP contribution in [0.2, 0.25) is 0 Å². The van der Waals surface area contributed by atoms with Crippen molar-refractivity contribution in [1.82, 2.24) is 15.5 Å². The van der Waals surface area contributed by atoms with Gasteiger partial charge in [-0.1, -0.05) is 13.0 Å². The summed E-state index contributed by atoms with van der Waals surface area (Å²) < 4.78 is 26.7. The summed E-state index contributed by atoms with van der Waals surface area (Å²) in [6.45, 7) is 6.65. The topological polar surface area (TPSA) is 61.4 Å². The number of piperidine rings is 1. The molecule has 36 heavy (non-hydrogen) atoms. The van der Waals surface area contributed by atoms with Crippen LogP contribution in [-0.2, 0) is 4.79 Å². The van der Waals surface area contributed by atoms with Crippen molar-refractivity contribution in [2.75, 3.05) is 31.1 Å². The third-order valence-electron chi connectivity index (χ3n) is 7.83. The average Bonchev–Trinajstić information content (AvgIpc) is 3.57. The first-order valence-corrected chi connectivity index (χ1v) is 14.1. The van der Waals surface area contributed by atoms with E-state index in [1.807, 2.05) is 11.0 Å². The molecule has 1 aromatic carbocycles. The van der Waals surface area contributed by atoms with Crippen molar-refractivity contribution in [2.24, 2.45) is 11.3 Å². The molecular formula is C28H37F2N3O2S. The lowest BCUT2D eigenvalue weighted by Gasteiger charge is -2.31. The van der Waals surface area contributed by atoms with Crippen molar-refractivity contribution >= 4 is 23.6 Å². The highest BCUT2D eigenvalue weighted by Crippen LogP contribution is 2.57. The molecule has 2 amide bonds. The zero-order chi connectivity index (χ0) is 25.8. The molecule has 0 bridgehead atoms. The number of nitrogens with zero attached hydrogens (tertiary/aromatic N) is 1. The van der Waals surface area contributed by atoms with Crippen LogP contribution in [0.4, 0.5) is 8.78 Å². The molecule has 1 heterocycles. The lowest BCUT2D eigenvalue weighted by atomic mass is 9.77. The fourth-order valence-electron chi connectivity index (χ4n) is 5.47. The molecule has 2 unspecified atom stereocenters. The number of nitrogens with one attached hydrogen (secondary N) is 2. The quantitative estimate of drug-likeness (QED) is 0.436. The van der Waals surface area contributed by atoms with Gasteiger partial charge in [-0.2, -0.15) is 11.8 Å². The number of benzene rings is 1. The van der Waals surface area contributed by atoms with Crippen molar-refractivity contribution in [3.05, 3.63) is 59.7 Å². The van der Waals surface area contributed by atoms with Crippen LogP contribution in [0, 0.1) is 17.2 Å². The number of halogens is 2. The Bertz CT molecular complexity index is 1010. The molecule has 0 radical (unpaired) electrons. The lowest BCUT2D eigenvalue weighted by molar-refractivity contribution is -0.133. The Hall–Kier alpha value is -2.19. The second-order valence-electron chi connectivity index (χ2n) is 10.7. The molecule has 1 aliphatic heterocycles. The van der Waals surface area contributed by atoms with Crippen molar-refractivity contribution in [3.63, 3.8) is 0 Å². The molecule has 0 spiro atoms. The van der Waals surface area contributed by atoms with Crippen LogP contribution in [0.15, 0.2) is 48.3 Å². The van der Waals surface area contributed by atoms with E-state index in [0.29, 0.717) is 17.2 Å². The largest absolute Gasteiger partial charge is 0.341 e. The number of carbonyl (C=O) groups excluding carboxylic acids is 2. The molecule has 1 saturated heterocycles. The van der Waals surface area contributed by atoms with Gasteiger partial charge in [0.2, 0.25) is 5.91 Å². The Morgan fingerprint density at radius 3 is 2.53 bits per heavy atom. The summed E-state index contributed by atoms with van der Waals surface area (Å²) in [5.41, 5.74) is 0.342. The highest BCUT2D eigenvalue weighted by Gasteiger charge is 2.57. The molecule has 1 saturated carbocycles. The molecule has 0 aromatic heterocycles. The average molecular weight is 518 g/mol. The van der Waals surface area contributed by atoms with Gasteiger partial charge in [-0.15, -0.1) is 0 Å². The Morgan fingerprint density at radius 2 is 1.86 bits per heavy atom. The van der Waals surface area contributed by atoms with Gasteiger partial charge in [0, 0.05) is 42.2 Å². The minimum absolute atomic E-state index is 0.0267. The first-order valence-electron chi connectivity index (χ1n) is 12.9. The molecule has 2 aliphatic carbocycles. The summed E-state index contributed by atoms with van der Waals surface area (Å²) in [7, 11) is 0. The van der Waals surface area contributed by atoms with E-state index in [2.05, 4.69) is 24.5 Å². The van der Waals surface area contributed by atoms with Crippen molar-refractivity contribution in [3.8, 4) is 0 Å². The number of allylic oxidation sites excluding steroid dienone is 4. The predicted molar refractivity (Wildman–Crippen MR) is 141 cm³/mol. The van der Waals surface area contributed by atoms with Gasteiger partial charge in [-0.25, -0.2) is 8.78 Å². The van der Waals surface area contributed by atoms with E-state index >= 15 is 0 Å². The third kappa shape index (κ3) is 6.57. The van der Waals surface area contributed by atoms with E-state index in [9.17, 15) is 18.4 Å². The van der Waals surface area contributed by atoms with Crippen LogP contribution in [0.1, 0.15) is 56.3 Å². The first-order chi connectivity index (χ1) is 17.2. The maximum absolute atomic E-state index is 13.4. The number of carbonyl (C=O) groups is 2. The molecule has 8 heteroatoms. The van der Waals surface area contributed by atoms with Gasteiger partial charge in [0.05, 0.1) is 0 Å².